The lowest BCUT2D eigenvalue weighted by Gasteiger charge is -2.12. The number of nitrogen functional groups attached to an aromatic ring is 1. The van der Waals surface area contributed by atoms with Crippen molar-refractivity contribution in [3.63, 3.8) is 0 Å². The first-order valence-electron chi connectivity index (χ1n) is 5.40. The molecule has 3 N–H and O–H groups in total. The smallest absolute Gasteiger partial charge is 0.250 e. The van der Waals surface area contributed by atoms with Crippen molar-refractivity contribution < 1.29 is 13.2 Å². The van der Waals surface area contributed by atoms with Crippen molar-refractivity contribution in [2.45, 2.75) is 35.6 Å². The Labute approximate surface area is 105 Å². The van der Waals surface area contributed by atoms with Crippen LogP contribution in [0.5, 0.6) is 0 Å². The predicted molar refractivity (Wildman–Crippen MR) is 67.5 cm³/mol. The van der Waals surface area contributed by atoms with E-state index in [0.717, 1.165) is 30.6 Å². The molecule has 1 saturated carbocycles. The molecule has 96 valence electrons. The summed E-state index contributed by atoms with van der Waals surface area (Å²) < 4.78 is 32.2. The van der Waals surface area contributed by atoms with E-state index in [1.807, 2.05) is 0 Å². The van der Waals surface area contributed by atoms with Crippen LogP contribution in [0.15, 0.2) is 15.7 Å². The van der Waals surface area contributed by atoms with Gasteiger partial charge in [0.2, 0.25) is 10.0 Å². The number of rotatable bonds is 4. The topological polar surface area (TPSA) is 81.4 Å². The van der Waals surface area contributed by atoms with Gasteiger partial charge in [-0.1, -0.05) is 0 Å². The van der Waals surface area contributed by atoms with Gasteiger partial charge in [-0.15, -0.1) is 11.3 Å². The maximum absolute atomic E-state index is 12.0. The second-order valence-electron chi connectivity index (χ2n) is 4.19. The van der Waals surface area contributed by atoms with Crippen molar-refractivity contribution in [1.82, 2.24) is 4.72 Å². The third kappa shape index (κ3) is 2.98. The highest BCUT2D eigenvalue weighted by atomic mass is 32.2. The fourth-order valence-electron chi connectivity index (χ4n) is 2.01. The molecule has 2 atom stereocenters. The molecular weight excluding hydrogens is 260 g/mol. The number of nitrogens with two attached hydrogens (primary N) is 1. The van der Waals surface area contributed by atoms with Gasteiger partial charge in [-0.25, -0.2) is 13.1 Å². The van der Waals surface area contributed by atoms with E-state index in [4.69, 9.17) is 10.5 Å². The lowest BCUT2D eigenvalue weighted by Crippen LogP contribution is -2.33. The van der Waals surface area contributed by atoms with Crippen LogP contribution >= 0.6 is 11.3 Å². The third-order valence-electron chi connectivity index (χ3n) is 2.90. The van der Waals surface area contributed by atoms with Crippen LogP contribution < -0.4 is 10.5 Å². The molecule has 5 nitrogen and oxygen atoms in total. The highest BCUT2D eigenvalue weighted by Crippen LogP contribution is 2.26. The first kappa shape index (κ1) is 12.8. The first-order valence-corrected chi connectivity index (χ1v) is 7.76. The normalized spacial score (nSPS) is 25.2. The third-order valence-corrected chi connectivity index (χ3v) is 5.88. The van der Waals surface area contributed by atoms with Gasteiger partial charge in [-0.3, -0.25) is 0 Å². The van der Waals surface area contributed by atoms with E-state index in [1.165, 1.54) is 6.07 Å². The molecule has 0 amide bonds. The van der Waals surface area contributed by atoms with Crippen molar-refractivity contribution in [3.05, 3.63) is 11.4 Å². The molecule has 2 unspecified atom stereocenters. The summed E-state index contributed by atoms with van der Waals surface area (Å²) in [6, 6.07) is 1.45. The lowest BCUT2D eigenvalue weighted by molar-refractivity contribution is 0.107. The molecule has 0 bridgehead atoms. The minimum atomic E-state index is -3.42. The van der Waals surface area contributed by atoms with Gasteiger partial charge in [-0.05, 0) is 25.3 Å². The SMILES string of the molecule is COC1CCC(NS(=O)(=O)c2cc(N)cs2)C1. The number of hydrogen-bond acceptors (Lipinski definition) is 5. The summed E-state index contributed by atoms with van der Waals surface area (Å²) in [6.45, 7) is 0. The molecule has 1 aliphatic carbocycles. The summed E-state index contributed by atoms with van der Waals surface area (Å²) in [7, 11) is -1.77. The monoisotopic (exact) mass is 276 g/mol. The van der Waals surface area contributed by atoms with Crippen LogP contribution in [0, 0.1) is 0 Å². The van der Waals surface area contributed by atoms with Gasteiger partial charge < -0.3 is 10.5 Å². The van der Waals surface area contributed by atoms with Crippen molar-refractivity contribution in [2.24, 2.45) is 0 Å². The van der Waals surface area contributed by atoms with E-state index in [9.17, 15) is 8.42 Å². The van der Waals surface area contributed by atoms with Crippen LogP contribution in [-0.4, -0.2) is 27.7 Å². The second-order valence-corrected chi connectivity index (χ2v) is 7.04. The van der Waals surface area contributed by atoms with Crippen LogP contribution in [0.25, 0.3) is 0 Å². The average molecular weight is 276 g/mol. The molecule has 0 radical (unpaired) electrons. The molecule has 1 heterocycles. The van der Waals surface area contributed by atoms with Gasteiger partial charge in [0.05, 0.1) is 6.10 Å². The number of thiophene rings is 1. The molecule has 2 rings (SSSR count). The van der Waals surface area contributed by atoms with E-state index in [1.54, 1.807) is 12.5 Å². The number of ether oxygens (including phenoxy) is 1. The largest absolute Gasteiger partial charge is 0.398 e. The Balaban J connectivity index is 2.03. The molecule has 0 spiro atoms. The highest BCUT2D eigenvalue weighted by Gasteiger charge is 2.29. The van der Waals surface area contributed by atoms with Gasteiger partial charge in [0.15, 0.2) is 0 Å². The molecule has 0 aromatic carbocycles. The number of methoxy groups -OCH3 is 1. The van der Waals surface area contributed by atoms with E-state index < -0.39 is 10.0 Å². The highest BCUT2D eigenvalue weighted by molar-refractivity contribution is 7.91. The zero-order valence-corrected chi connectivity index (χ0v) is 11.2. The molecule has 1 fully saturated rings. The van der Waals surface area contributed by atoms with Crippen LogP contribution in [0.2, 0.25) is 0 Å². The summed E-state index contributed by atoms with van der Waals surface area (Å²) >= 11 is 1.14. The molecule has 7 heteroatoms. The average Bonchev–Trinajstić information content (AvgIpc) is 2.86. The van der Waals surface area contributed by atoms with E-state index in [0.29, 0.717) is 5.69 Å². The van der Waals surface area contributed by atoms with Crippen LogP contribution in [0.4, 0.5) is 5.69 Å². The molecule has 0 aliphatic heterocycles. The maximum atomic E-state index is 12.0. The Morgan fingerprint density at radius 2 is 2.29 bits per heavy atom. The molecule has 1 aromatic heterocycles. The summed E-state index contributed by atoms with van der Waals surface area (Å²) in [5.41, 5.74) is 6.01. The number of anilines is 1. The van der Waals surface area contributed by atoms with E-state index in [2.05, 4.69) is 4.72 Å². The Morgan fingerprint density at radius 1 is 1.53 bits per heavy atom. The lowest BCUT2D eigenvalue weighted by atomic mass is 10.3. The second kappa shape index (κ2) is 4.93. The van der Waals surface area contributed by atoms with Crippen LogP contribution in [-0.2, 0) is 14.8 Å². The standard InChI is InChI=1S/C10H16N2O3S2/c1-15-9-3-2-8(5-9)12-17(13,14)10-4-7(11)6-16-10/h4,6,8-9,12H,2-3,5,11H2,1H3. The van der Waals surface area contributed by atoms with Gasteiger partial charge in [0, 0.05) is 24.2 Å². The Morgan fingerprint density at radius 3 is 2.82 bits per heavy atom. The summed E-state index contributed by atoms with van der Waals surface area (Å²) in [4.78, 5) is 0. The van der Waals surface area contributed by atoms with Crippen LogP contribution in [0.3, 0.4) is 0 Å². The summed E-state index contributed by atoms with van der Waals surface area (Å²) in [5, 5.41) is 1.63. The minimum Gasteiger partial charge on any atom is -0.398 e. The Bertz CT molecular complexity index is 483. The van der Waals surface area contributed by atoms with Crippen molar-refractivity contribution >= 4 is 27.0 Å². The van der Waals surface area contributed by atoms with Gasteiger partial charge >= 0.3 is 0 Å². The predicted octanol–water partition coefficient (Wildman–Crippen LogP) is 1.18. The Hall–Kier alpha value is -0.630. The Kier molecular flexibility index (Phi) is 3.72. The molecular formula is C10H16N2O3S2. The van der Waals surface area contributed by atoms with Gasteiger partial charge in [0.1, 0.15) is 4.21 Å². The van der Waals surface area contributed by atoms with Crippen molar-refractivity contribution in [2.75, 3.05) is 12.8 Å². The number of sulfonamides is 1. The number of nitrogens with one attached hydrogen (secondary N) is 1. The fraction of sp³-hybridized carbons (Fsp3) is 0.600. The van der Waals surface area contributed by atoms with Crippen molar-refractivity contribution in [1.29, 1.82) is 0 Å². The summed E-state index contributed by atoms with van der Waals surface area (Å²) in [6.07, 6.45) is 2.61. The van der Waals surface area contributed by atoms with Gasteiger partial charge in [-0.2, -0.15) is 0 Å². The van der Waals surface area contributed by atoms with Crippen LogP contribution in [0.1, 0.15) is 19.3 Å². The zero-order chi connectivity index (χ0) is 12.5. The zero-order valence-electron chi connectivity index (χ0n) is 9.55. The molecule has 0 saturated heterocycles. The van der Waals surface area contributed by atoms with Crippen molar-refractivity contribution in [3.8, 4) is 0 Å². The molecule has 1 aliphatic rings. The van der Waals surface area contributed by atoms with E-state index >= 15 is 0 Å². The molecule has 1 aromatic rings. The van der Waals surface area contributed by atoms with E-state index in [-0.39, 0.29) is 16.4 Å². The minimum absolute atomic E-state index is 0.0340. The van der Waals surface area contributed by atoms with Gasteiger partial charge in [0.25, 0.3) is 0 Å². The fourth-order valence-corrected chi connectivity index (χ4v) is 4.39. The molecule has 17 heavy (non-hydrogen) atoms. The quantitative estimate of drug-likeness (QED) is 0.865. The summed E-state index contributed by atoms with van der Waals surface area (Å²) in [5.74, 6) is 0. The first-order chi connectivity index (χ1) is 8.01. The number of hydrogen-bond donors (Lipinski definition) is 2. The maximum Gasteiger partial charge on any atom is 0.250 e.